The minimum absolute atomic E-state index is 0.0961. The van der Waals surface area contributed by atoms with Crippen LogP contribution in [-0.4, -0.2) is 33.1 Å². The molecule has 6 nitrogen and oxygen atoms in total. The number of ketones is 1. The zero-order valence-electron chi connectivity index (χ0n) is 15.4. The Morgan fingerprint density at radius 1 is 1.15 bits per heavy atom. The van der Waals surface area contributed by atoms with Crippen molar-refractivity contribution in [2.45, 2.75) is 25.7 Å². The van der Waals surface area contributed by atoms with Crippen LogP contribution < -0.4 is 14.8 Å². The minimum atomic E-state index is -0.493. The molecule has 0 bridgehead atoms. The van der Waals surface area contributed by atoms with Gasteiger partial charge in [0.15, 0.2) is 0 Å². The van der Waals surface area contributed by atoms with Crippen molar-refractivity contribution in [2.75, 3.05) is 21.3 Å². The third-order valence-electron chi connectivity index (χ3n) is 4.99. The van der Waals surface area contributed by atoms with Gasteiger partial charge in [-0.3, -0.25) is 4.79 Å². The van der Waals surface area contributed by atoms with Gasteiger partial charge in [0.05, 0.1) is 32.8 Å². The maximum absolute atomic E-state index is 12.8. The normalized spacial score (nSPS) is 22.2. The monoisotopic (exact) mass is 357 g/mol. The number of Topliss-reactive ketones (excluding diaryl/α,β-unsaturated/α-hetero) is 1. The lowest BCUT2D eigenvalue weighted by Crippen LogP contribution is -2.40. The number of esters is 1. The number of benzene rings is 1. The third-order valence-corrected chi connectivity index (χ3v) is 4.99. The number of hydrogen-bond donors (Lipinski definition) is 1. The van der Waals surface area contributed by atoms with Crippen molar-refractivity contribution in [3.63, 3.8) is 0 Å². The molecule has 138 valence electrons. The molecule has 2 aliphatic rings. The second kappa shape index (κ2) is 7.23. The van der Waals surface area contributed by atoms with Gasteiger partial charge >= 0.3 is 5.97 Å². The second-order valence-corrected chi connectivity index (χ2v) is 6.38. The fraction of sp³-hybridized carbons (Fsp3) is 0.400. The summed E-state index contributed by atoms with van der Waals surface area (Å²) in [6.45, 7) is 1.82. The van der Waals surface area contributed by atoms with Crippen LogP contribution in [0.15, 0.2) is 41.2 Å². The van der Waals surface area contributed by atoms with E-state index >= 15 is 0 Å². The number of nitrogens with one attached hydrogen (secondary N) is 1. The number of carbonyl (C=O) groups is 2. The Labute approximate surface area is 152 Å². The molecule has 0 amide bonds. The Bertz CT molecular complexity index is 808. The van der Waals surface area contributed by atoms with Gasteiger partial charge in [0, 0.05) is 29.3 Å². The van der Waals surface area contributed by atoms with Gasteiger partial charge in [-0.05, 0) is 31.5 Å². The summed E-state index contributed by atoms with van der Waals surface area (Å²) >= 11 is 0. The highest BCUT2D eigenvalue weighted by Crippen LogP contribution is 2.47. The molecule has 26 heavy (non-hydrogen) atoms. The van der Waals surface area contributed by atoms with Crippen LogP contribution in [0.25, 0.3) is 0 Å². The fourth-order valence-electron chi connectivity index (χ4n) is 3.81. The van der Waals surface area contributed by atoms with E-state index in [1.165, 1.54) is 7.11 Å². The summed E-state index contributed by atoms with van der Waals surface area (Å²) in [5.74, 6) is -0.0870. The maximum atomic E-state index is 12.8. The molecule has 0 saturated carbocycles. The lowest BCUT2D eigenvalue weighted by atomic mass is 9.70. The van der Waals surface area contributed by atoms with Gasteiger partial charge in [0.1, 0.15) is 17.3 Å². The molecule has 0 fully saturated rings. The summed E-state index contributed by atoms with van der Waals surface area (Å²) in [5, 5.41) is 3.23. The first-order valence-electron chi connectivity index (χ1n) is 8.52. The molecule has 1 aliphatic carbocycles. The number of fused-ring (bicyclic) bond motifs is 1. The quantitative estimate of drug-likeness (QED) is 0.835. The molecular formula is C20H23NO5. The molecule has 1 aromatic carbocycles. The summed E-state index contributed by atoms with van der Waals surface area (Å²) in [6, 6.07) is 5.40. The van der Waals surface area contributed by atoms with Crippen molar-refractivity contribution in [1.82, 2.24) is 5.32 Å². The molecule has 1 heterocycles. The van der Waals surface area contributed by atoms with Gasteiger partial charge in [-0.25, -0.2) is 4.79 Å². The largest absolute Gasteiger partial charge is 0.497 e. The lowest BCUT2D eigenvalue weighted by Gasteiger charge is -2.38. The molecule has 3 rings (SSSR count). The van der Waals surface area contributed by atoms with Crippen molar-refractivity contribution in [3.05, 3.63) is 46.8 Å². The van der Waals surface area contributed by atoms with E-state index in [4.69, 9.17) is 14.2 Å². The highest BCUT2D eigenvalue weighted by molar-refractivity contribution is 5.96. The first kappa shape index (κ1) is 18.0. The van der Waals surface area contributed by atoms with Crippen LogP contribution in [0, 0.1) is 5.92 Å². The average Bonchev–Trinajstić information content (AvgIpc) is 2.66. The Morgan fingerprint density at radius 3 is 2.58 bits per heavy atom. The van der Waals surface area contributed by atoms with E-state index in [0.29, 0.717) is 35.6 Å². The first-order valence-corrected chi connectivity index (χ1v) is 8.52. The van der Waals surface area contributed by atoms with Crippen LogP contribution in [0.4, 0.5) is 0 Å². The van der Waals surface area contributed by atoms with Gasteiger partial charge in [-0.2, -0.15) is 0 Å². The smallest absolute Gasteiger partial charge is 0.336 e. The van der Waals surface area contributed by atoms with Crippen LogP contribution in [0.5, 0.6) is 11.5 Å². The predicted molar refractivity (Wildman–Crippen MR) is 96.0 cm³/mol. The van der Waals surface area contributed by atoms with Crippen molar-refractivity contribution >= 4 is 11.8 Å². The average molecular weight is 357 g/mol. The predicted octanol–water partition coefficient (Wildman–Crippen LogP) is 2.70. The summed E-state index contributed by atoms with van der Waals surface area (Å²) in [4.78, 5) is 25.4. The number of allylic oxidation sites excluding steroid dienone is 3. The van der Waals surface area contributed by atoms with Crippen molar-refractivity contribution in [3.8, 4) is 11.5 Å². The van der Waals surface area contributed by atoms with Crippen LogP contribution in [0.3, 0.4) is 0 Å². The number of carbonyl (C=O) groups excluding carboxylic acids is 2. The van der Waals surface area contributed by atoms with Crippen LogP contribution in [0.2, 0.25) is 0 Å². The van der Waals surface area contributed by atoms with Crippen LogP contribution >= 0.6 is 0 Å². The van der Waals surface area contributed by atoms with Gasteiger partial charge in [-0.15, -0.1) is 0 Å². The zero-order chi connectivity index (χ0) is 18.8. The van der Waals surface area contributed by atoms with Gasteiger partial charge < -0.3 is 19.5 Å². The number of rotatable bonds is 4. The van der Waals surface area contributed by atoms with E-state index in [1.807, 2.05) is 19.1 Å². The number of methoxy groups -OCH3 is 3. The number of ether oxygens (including phenoxy) is 3. The first-order chi connectivity index (χ1) is 12.5. The molecular weight excluding hydrogens is 334 g/mol. The number of hydrogen-bond acceptors (Lipinski definition) is 6. The molecule has 2 unspecified atom stereocenters. The summed E-state index contributed by atoms with van der Waals surface area (Å²) in [5.41, 5.74) is 2.70. The Balaban J connectivity index is 2.26. The van der Waals surface area contributed by atoms with E-state index in [9.17, 15) is 9.59 Å². The fourth-order valence-corrected chi connectivity index (χ4v) is 3.81. The second-order valence-electron chi connectivity index (χ2n) is 6.38. The van der Waals surface area contributed by atoms with Crippen LogP contribution in [0.1, 0.15) is 31.2 Å². The minimum Gasteiger partial charge on any atom is -0.497 e. The van der Waals surface area contributed by atoms with Gasteiger partial charge in [-0.1, -0.05) is 6.08 Å². The summed E-state index contributed by atoms with van der Waals surface area (Å²) in [7, 11) is 4.49. The highest BCUT2D eigenvalue weighted by Gasteiger charge is 2.44. The Morgan fingerprint density at radius 2 is 1.92 bits per heavy atom. The molecule has 1 N–H and O–H groups in total. The van der Waals surface area contributed by atoms with E-state index < -0.39 is 17.8 Å². The van der Waals surface area contributed by atoms with Crippen molar-refractivity contribution in [2.24, 2.45) is 5.92 Å². The maximum Gasteiger partial charge on any atom is 0.336 e. The molecule has 1 aliphatic heterocycles. The molecule has 2 atom stereocenters. The Hall–Kier alpha value is -2.76. The molecule has 0 saturated heterocycles. The molecule has 6 heteroatoms. The van der Waals surface area contributed by atoms with Gasteiger partial charge in [0.2, 0.25) is 0 Å². The molecule has 0 radical (unpaired) electrons. The lowest BCUT2D eigenvalue weighted by molar-refractivity contribution is -0.136. The van der Waals surface area contributed by atoms with E-state index in [-0.39, 0.29) is 5.78 Å². The molecule has 0 aromatic heterocycles. The van der Waals surface area contributed by atoms with Gasteiger partial charge in [0.25, 0.3) is 0 Å². The van der Waals surface area contributed by atoms with E-state index in [1.54, 1.807) is 26.4 Å². The Kier molecular flexibility index (Phi) is 5.02. The van der Waals surface area contributed by atoms with Crippen molar-refractivity contribution in [1.29, 1.82) is 0 Å². The van der Waals surface area contributed by atoms with E-state index in [2.05, 4.69) is 5.32 Å². The van der Waals surface area contributed by atoms with Crippen LogP contribution in [-0.2, 0) is 14.3 Å². The molecule has 0 spiro atoms. The molecule has 1 aromatic rings. The highest BCUT2D eigenvalue weighted by atomic mass is 16.5. The third kappa shape index (κ3) is 2.96. The van der Waals surface area contributed by atoms with Crippen molar-refractivity contribution < 1.29 is 23.8 Å². The zero-order valence-corrected chi connectivity index (χ0v) is 15.4. The SMILES string of the molecule is COC(=O)C1=C(C)NC2=CCCC(=O)C2C1c1cc(OC)ccc1OC. The van der Waals surface area contributed by atoms with E-state index in [0.717, 1.165) is 11.3 Å². The summed E-state index contributed by atoms with van der Waals surface area (Å²) in [6.07, 6.45) is 3.18. The topological polar surface area (TPSA) is 73.9 Å². The standard InChI is InChI=1S/C20H23NO5/c1-11-17(20(23)26-4)18(19-14(21-11)6-5-7-15(19)22)13-10-12(24-2)8-9-16(13)25-3/h6,8-10,18-19,21H,5,7H2,1-4H3. The summed E-state index contributed by atoms with van der Waals surface area (Å²) < 4.78 is 15.9.